The van der Waals surface area contributed by atoms with Crippen LogP contribution in [0.4, 0.5) is 5.69 Å². The predicted octanol–water partition coefficient (Wildman–Crippen LogP) is 3.20. The number of carboxylic acids is 1. The third-order valence-corrected chi connectivity index (χ3v) is 3.50. The monoisotopic (exact) mass is 324 g/mol. The van der Waals surface area contributed by atoms with Crippen LogP contribution in [-0.2, 0) is 0 Å². The van der Waals surface area contributed by atoms with Gasteiger partial charge < -0.3 is 9.90 Å². The molecule has 3 aromatic carbocycles. The van der Waals surface area contributed by atoms with Gasteiger partial charge in [0.25, 0.3) is 0 Å². The maximum atomic E-state index is 10.7. The minimum Gasteiger partial charge on any atom is -0.545 e. The van der Waals surface area contributed by atoms with Crippen LogP contribution in [0, 0.1) is 11.8 Å². The number of nitrogens with zero attached hydrogens (tertiary/aromatic N) is 1. The van der Waals surface area contributed by atoms with Crippen molar-refractivity contribution in [3.8, 4) is 11.8 Å². The third kappa shape index (κ3) is 4.66. The zero-order valence-electron chi connectivity index (χ0n) is 13.3. The van der Waals surface area contributed by atoms with E-state index >= 15 is 0 Å². The number of hydrogen-bond acceptors (Lipinski definition) is 3. The Balaban J connectivity index is 1.68. The molecule has 0 atom stereocenters. The maximum absolute atomic E-state index is 10.7. The maximum Gasteiger partial charge on any atom is 0.0715 e. The van der Waals surface area contributed by atoms with E-state index in [4.69, 9.17) is 0 Å². The van der Waals surface area contributed by atoms with Crippen LogP contribution in [0.3, 0.4) is 0 Å². The van der Waals surface area contributed by atoms with E-state index in [1.54, 1.807) is 18.3 Å². The number of aromatic carboxylic acids is 1. The van der Waals surface area contributed by atoms with Gasteiger partial charge in [-0.05, 0) is 47.5 Å². The molecule has 0 saturated heterocycles. The van der Waals surface area contributed by atoms with Crippen LogP contribution < -0.4 is 5.11 Å². The van der Waals surface area contributed by atoms with E-state index in [0.29, 0.717) is 5.69 Å². The molecule has 3 heteroatoms. The summed E-state index contributed by atoms with van der Waals surface area (Å²) in [5, 5.41) is 10.7. The van der Waals surface area contributed by atoms with Crippen molar-refractivity contribution >= 4 is 17.9 Å². The van der Waals surface area contributed by atoms with E-state index in [-0.39, 0.29) is 5.56 Å². The van der Waals surface area contributed by atoms with Crippen LogP contribution in [-0.4, -0.2) is 12.2 Å². The Hall–Kier alpha value is -3.64. The lowest BCUT2D eigenvalue weighted by Gasteiger charge is -2.01. The molecule has 0 amide bonds. The van der Waals surface area contributed by atoms with Crippen molar-refractivity contribution in [3.63, 3.8) is 0 Å². The summed E-state index contributed by atoms with van der Waals surface area (Å²) < 4.78 is 0. The van der Waals surface area contributed by atoms with Crippen molar-refractivity contribution in [3.05, 3.63) is 101 Å². The Labute approximate surface area is 146 Å². The van der Waals surface area contributed by atoms with Gasteiger partial charge in [-0.15, -0.1) is 0 Å². The van der Waals surface area contributed by atoms with Gasteiger partial charge in [-0.1, -0.05) is 54.3 Å². The van der Waals surface area contributed by atoms with Crippen LogP contribution in [0.1, 0.15) is 27.0 Å². The Kier molecular flexibility index (Phi) is 5.04. The van der Waals surface area contributed by atoms with Crippen molar-refractivity contribution < 1.29 is 9.90 Å². The first kappa shape index (κ1) is 16.2. The highest BCUT2D eigenvalue weighted by molar-refractivity contribution is 5.86. The van der Waals surface area contributed by atoms with Crippen molar-refractivity contribution in [2.45, 2.75) is 0 Å². The summed E-state index contributed by atoms with van der Waals surface area (Å²) in [5.41, 5.74) is 3.67. The van der Waals surface area contributed by atoms with E-state index in [1.807, 2.05) is 54.6 Å². The molecule has 3 aromatic rings. The molecule has 3 rings (SSSR count). The molecule has 0 spiro atoms. The summed E-state index contributed by atoms with van der Waals surface area (Å²) in [5.74, 6) is 5.05. The second kappa shape index (κ2) is 7.76. The number of hydrogen-bond donors (Lipinski definition) is 0. The van der Waals surface area contributed by atoms with Crippen molar-refractivity contribution in [2.75, 3.05) is 0 Å². The standard InChI is InChI=1S/C22H15NO2/c24-22(25)20-12-14-21(15-13-20)23-16-19-10-8-18(9-11-19)7-6-17-4-2-1-3-5-17/h1-5,8-16H,(H,24,25)/p-1. The van der Waals surface area contributed by atoms with Gasteiger partial charge in [0.2, 0.25) is 0 Å². The number of carbonyl (C=O) groups is 1. The van der Waals surface area contributed by atoms with Gasteiger partial charge in [0.05, 0.1) is 11.7 Å². The summed E-state index contributed by atoms with van der Waals surface area (Å²) in [6.07, 6.45) is 1.72. The van der Waals surface area contributed by atoms with E-state index in [9.17, 15) is 9.90 Å². The third-order valence-electron chi connectivity index (χ3n) is 3.50. The van der Waals surface area contributed by atoms with Gasteiger partial charge in [0.1, 0.15) is 0 Å². The van der Waals surface area contributed by atoms with E-state index in [0.717, 1.165) is 16.7 Å². The van der Waals surface area contributed by atoms with Crippen molar-refractivity contribution in [1.29, 1.82) is 0 Å². The summed E-state index contributed by atoms with van der Waals surface area (Å²) in [6.45, 7) is 0. The Morgan fingerprint density at radius 1 is 0.800 bits per heavy atom. The Morgan fingerprint density at radius 3 is 2.00 bits per heavy atom. The average Bonchev–Trinajstić information content (AvgIpc) is 2.67. The fraction of sp³-hybridized carbons (Fsp3) is 0. The lowest BCUT2D eigenvalue weighted by molar-refractivity contribution is -0.255. The van der Waals surface area contributed by atoms with Crippen LogP contribution >= 0.6 is 0 Å². The molecule has 3 nitrogen and oxygen atoms in total. The Morgan fingerprint density at radius 2 is 1.40 bits per heavy atom. The molecule has 25 heavy (non-hydrogen) atoms. The predicted molar refractivity (Wildman–Crippen MR) is 96.9 cm³/mol. The van der Waals surface area contributed by atoms with E-state index in [1.165, 1.54) is 12.1 Å². The second-order valence-corrected chi connectivity index (χ2v) is 5.33. The van der Waals surface area contributed by atoms with Gasteiger partial charge in [0, 0.05) is 17.3 Å². The molecule has 0 saturated carbocycles. The first-order valence-corrected chi connectivity index (χ1v) is 7.73. The van der Waals surface area contributed by atoms with Gasteiger partial charge in [-0.3, -0.25) is 4.99 Å². The molecule has 0 fully saturated rings. The largest absolute Gasteiger partial charge is 0.545 e. The van der Waals surface area contributed by atoms with Gasteiger partial charge >= 0.3 is 0 Å². The highest BCUT2D eigenvalue weighted by Crippen LogP contribution is 2.13. The smallest absolute Gasteiger partial charge is 0.0715 e. The quantitative estimate of drug-likeness (QED) is 0.549. The molecule has 120 valence electrons. The molecule has 0 aliphatic heterocycles. The molecule has 0 unspecified atom stereocenters. The fourth-order valence-corrected chi connectivity index (χ4v) is 2.15. The van der Waals surface area contributed by atoms with Gasteiger partial charge in [0.15, 0.2) is 0 Å². The fourth-order valence-electron chi connectivity index (χ4n) is 2.15. The molecule has 0 bridgehead atoms. The summed E-state index contributed by atoms with van der Waals surface area (Å²) in [4.78, 5) is 15.0. The Bertz CT molecular complexity index is 945. The SMILES string of the molecule is O=C([O-])c1ccc(N=Cc2ccc(C#Cc3ccccc3)cc2)cc1. The molecule has 0 aliphatic carbocycles. The molecule has 0 N–H and O–H groups in total. The van der Waals surface area contributed by atoms with Gasteiger partial charge in [-0.25, -0.2) is 0 Å². The zero-order chi connectivity index (χ0) is 17.5. The number of carboxylic acid groups (broad SMARTS) is 1. The van der Waals surface area contributed by atoms with Crippen LogP contribution in [0.2, 0.25) is 0 Å². The van der Waals surface area contributed by atoms with E-state index < -0.39 is 5.97 Å². The molecular formula is C22H14NO2-. The zero-order valence-corrected chi connectivity index (χ0v) is 13.3. The number of aliphatic imine (C=N–C) groups is 1. The second-order valence-electron chi connectivity index (χ2n) is 5.33. The molecule has 0 aliphatic rings. The first-order valence-electron chi connectivity index (χ1n) is 7.73. The first-order chi connectivity index (χ1) is 12.2. The molecular weight excluding hydrogens is 310 g/mol. The lowest BCUT2D eigenvalue weighted by atomic mass is 10.1. The number of rotatable bonds is 3. The van der Waals surface area contributed by atoms with Crippen molar-refractivity contribution in [2.24, 2.45) is 4.99 Å². The normalized spacial score (nSPS) is 10.2. The van der Waals surface area contributed by atoms with Crippen molar-refractivity contribution in [1.82, 2.24) is 0 Å². The molecule has 0 radical (unpaired) electrons. The average molecular weight is 324 g/mol. The van der Waals surface area contributed by atoms with Crippen LogP contribution in [0.25, 0.3) is 0 Å². The summed E-state index contributed by atoms with van der Waals surface area (Å²) in [7, 11) is 0. The topological polar surface area (TPSA) is 52.5 Å². The summed E-state index contributed by atoms with van der Waals surface area (Å²) >= 11 is 0. The van der Waals surface area contributed by atoms with Crippen LogP contribution in [0.5, 0.6) is 0 Å². The van der Waals surface area contributed by atoms with Crippen LogP contribution in [0.15, 0.2) is 83.9 Å². The lowest BCUT2D eigenvalue weighted by Crippen LogP contribution is -2.21. The summed E-state index contributed by atoms with van der Waals surface area (Å²) in [6, 6.07) is 23.8. The minimum absolute atomic E-state index is 0.139. The molecule has 0 aromatic heterocycles. The van der Waals surface area contributed by atoms with Gasteiger partial charge in [-0.2, -0.15) is 0 Å². The molecule has 0 heterocycles. The number of carbonyl (C=O) groups excluding carboxylic acids is 1. The highest BCUT2D eigenvalue weighted by atomic mass is 16.4. The van der Waals surface area contributed by atoms with E-state index in [2.05, 4.69) is 16.8 Å². The highest BCUT2D eigenvalue weighted by Gasteiger charge is 1.94. The minimum atomic E-state index is -1.19. The number of benzene rings is 3.